The van der Waals surface area contributed by atoms with Gasteiger partial charge in [-0.3, -0.25) is 9.59 Å². The fraction of sp³-hybridized carbons (Fsp3) is 0.400. The number of benzene rings is 1. The van der Waals surface area contributed by atoms with Crippen LogP contribution >= 0.6 is 0 Å². The van der Waals surface area contributed by atoms with Crippen LogP contribution in [0.3, 0.4) is 0 Å². The molecule has 0 fully saturated rings. The van der Waals surface area contributed by atoms with E-state index in [4.69, 9.17) is 15.3 Å². The minimum atomic E-state index is -1.33. The first-order valence-electron chi connectivity index (χ1n) is 9.34. The van der Waals surface area contributed by atoms with E-state index >= 15 is 0 Å². The molecule has 1 heterocycles. The second-order valence-corrected chi connectivity index (χ2v) is 6.81. The average molecular weight is 403 g/mol. The predicted molar refractivity (Wildman–Crippen MR) is 108 cm³/mol. The summed E-state index contributed by atoms with van der Waals surface area (Å²) in [5.74, 6) is -0.637. The van der Waals surface area contributed by atoms with E-state index in [1.165, 1.54) is 12.1 Å². The van der Waals surface area contributed by atoms with E-state index in [0.29, 0.717) is 30.5 Å². The second kappa shape index (κ2) is 9.83. The first-order valence-corrected chi connectivity index (χ1v) is 9.34. The van der Waals surface area contributed by atoms with E-state index in [2.05, 4.69) is 10.6 Å². The average Bonchev–Trinajstić information content (AvgIpc) is 2.65. The molecular formula is C20H25N3O6. The van der Waals surface area contributed by atoms with Gasteiger partial charge in [0.25, 0.3) is 0 Å². The van der Waals surface area contributed by atoms with E-state index in [9.17, 15) is 19.2 Å². The zero-order valence-electron chi connectivity index (χ0n) is 16.4. The number of nitrogens with two attached hydrogens (primary N) is 1. The molecule has 2 aromatic rings. The molecule has 9 heteroatoms. The molecule has 0 saturated heterocycles. The van der Waals surface area contributed by atoms with Gasteiger partial charge in [-0.15, -0.1) is 0 Å². The number of amides is 2. The molecule has 156 valence electrons. The number of ketones is 1. The van der Waals surface area contributed by atoms with E-state index in [1.807, 2.05) is 0 Å². The molecule has 5 N–H and O–H groups in total. The molecule has 1 aromatic carbocycles. The predicted octanol–water partition coefficient (Wildman–Crippen LogP) is 2.15. The SMILES string of the molecule is CCC(=O)C(N)CCC[C@H](NC(=O)O)C(=O)Nc1ccc2c(C)cc(=O)oc2c1. The largest absolute Gasteiger partial charge is 0.465 e. The monoisotopic (exact) mass is 403 g/mol. The maximum absolute atomic E-state index is 12.6. The van der Waals surface area contributed by atoms with Crippen LogP contribution in [0.25, 0.3) is 11.0 Å². The van der Waals surface area contributed by atoms with Gasteiger partial charge < -0.3 is 25.9 Å². The molecule has 0 spiro atoms. The quantitative estimate of drug-likeness (QED) is 0.468. The van der Waals surface area contributed by atoms with Crippen molar-refractivity contribution in [3.05, 3.63) is 40.2 Å². The molecule has 2 rings (SSSR count). The van der Waals surface area contributed by atoms with E-state index < -0.39 is 29.7 Å². The number of aryl methyl sites for hydroxylation is 1. The van der Waals surface area contributed by atoms with Gasteiger partial charge in [0.1, 0.15) is 17.4 Å². The normalized spacial score (nSPS) is 12.9. The van der Waals surface area contributed by atoms with Crippen LogP contribution in [-0.2, 0) is 9.59 Å². The molecule has 2 atom stereocenters. The van der Waals surface area contributed by atoms with Crippen molar-refractivity contribution in [3.63, 3.8) is 0 Å². The van der Waals surface area contributed by atoms with Crippen LogP contribution in [0.15, 0.2) is 33.5 Å². The Morgan fingerprint density at radius 1 is 1.21 bits per heavy atom. The van der Waals surface area contributed by atoms with Crippen LogP contribution in [0.4, 0.5) is 10.5 Å². The Morgan fingerprint density at radius 2 is 1.93 bits per heavy atom. The number of hydrogen-bond donors (Lipinski definition) is 4. The van der Waals surface area contributed by atoms with E-state index in [0.717, 1.165) is 10.9 Å². The lowest BCUT2D eigenvalue weighted by molar-refractivity contribution is -0.120. The first-order chi connectivity index (χ1) is 13.7. The zero-order valence-corrected chi connectivity index (χ0v) is 16.4. The lowest BCUT2D eigenvalue weighted by Crippen LogP contribution is -2.43. The number of rotatable bonds is 9. The van der Waals surface area contributed by atoms with Crippen molar-refractivity contribution in [2.24, 2.45) is 5.73 Å². The highest BCUT2D eigenvalue weighted by Gasteiger charge is 2.22. The van der Waals surface area contributed by atoms with Crippen molar-refractivity contribution < 1.29 is 23.9 Å². The van der Waals surface area contributed by atoms with Crippen molar-refractivity contribution in [2.45, 2.75) is 51.6 Å². The van der Waals surface area contributed by atoms with Crippen LogP contribution < -0.4 is 22.0 Å². The highest BCUT2D eigenvalue weighted by Crippen LogP contribution is 2.21. The third kappa shape index (κ3) is 6.15. The fourth-order valence-electron chi connectivity index (χ4n) is 3.01. The lowest BCUT2D eigenvalue weighted by Gasteiger charge is -2.18. The molecule has 0 radical (unpaired) electrons. The summed E-state index contributed by atoms with van der Waals surface area (Å²) in [6.45, 7) is 3.50. The molecule has 29 heavy (non-hydrogen) atoms. The number of carboxylic acid groups (broad SMARTS) is 1. The summed E-state index contributed by atoms with van der Waals surface area (Å²) < 4.78 is 5.15. The molecule has 0 saturated carbocycles. The van der Waals surface area contributed by atoms with Crippen molar-refractivity contribution in [1.29, 1.82) is 0 Å². The van der Waals surface area contributed by atoms with Crippen molar-refractivity contribution in [1.82, 2.24) is 5.32 Å². The molecular weight excluding hydrogens is 378 g/mol. The highest BCUT2D eigenvalue weighted by molar-refractivity contribution is 5.98. The van der Waals surface area contributed by atoms with Gasteiger partial charge in [-0.2, -0.15) is 0 Å². The number of fused-ring (bicyclic) bond motifs is 1. The second-order valence-electron chi connectivity index (χ2n) is 6.81. The summed E-state index contributed by atoms with van der Waals surface area (Å²) >= 11 is 0. The summed E-state index contributed by atoms with van der Waals surface area (Å²) in [7, 11) is 0. The van der Waals surface area contributed by atoms with Crippen molar-refractivity contribution in [3.8, 4) is 0 Å². The van der Waals surface area contributed by atoms with Gasteiger partial charge in [-0.05, 0) is 43.9 Å². The Hall–Kier alpha value is -3.20. The molecule has 0 aliphatic rings. The minimum Gasteiger partial charge on any atom is -0.465 e. The summed E-state index contributed by atoms with van der Waals surface area (Å²) in [5, 5.41) is 14.6. The number of carbonyl (C=O) groups is 3. The molecule has 1 unspecified atom stereocenters. The van der Waals surface area contributed by atoms with Crippen LogP contribution in [-0.4, -0.2) is 35.0 Å². The summed E-state index contributed by atoms with van der Waals surface area (Å²) in [6.07, 6.45) is -0.0604. The van der Waals surface area contributed by atoms with Crippen molar-refractivity contribution >= 4 is 34.4 Å². The Labute approximate surface area is 167 Å². The van der Waals surface area contributed by atoms with Gasteiger partial charge in [-0.25, -0.2) is 9.59 Å². The fourth-order valence-corrected chi connectivity index (χ4v) is 3.01. The summed E-state index contributed by atoms with van der Waals surface area (Å²) in [5.41, 5.74) is 6.70. The number of carbonyl (C=O) groups excluding carboxylic acids is 2. The van der Waals surface area contributed by atoms with Gasteiger partial charge >= 0.3 is 11.7 Å². The van der Waals surface area contributed by atoms with Gasteiger partial charge in [0.05, 0.1) is 6.04 Å². The Kier molecular flexibility index (Phi) is 7.49. The third-order valence-corrected chi connectivity index (χ3v) is 4.60. The molecule has 0 aliphatic carbocycles. The van der Waals surface area contributed by atoms with Crippen molar-refractivity contribution in [2.75, 3.05) is 5.32 Å². The number of Topliss-reactive ketones (excluding diaryl/α,β-unsaturated/α-hetero) is 1. The topological polar surface area (TPSA) is 152 Å². The van der Waals surface area contributed by atoms with E-state index in [-0.39, 0.29) is 12.2 Å². The smallest absolute Gasteiger partial charge is 0.405 e. The molecule has 0 aliphatic heterocycles. The van der Waals surface area contributed by atoms with Gasteiger partial charge in [0.2, 0.25) is 5.91 Å². The maximum Gasteiger partial charge on any atom is 0.405 e. The van der Waals surface area contributed by atoms with Gasteiger partial charge in [0.15, 0.2) is 0 Å². The molecule has 2 amide bonds. The molecule has 9 nitrogen and oxygen atoms in total. The number of hydrogen-bond acceptors (Lipinski definition) is 6. The number of anilines is 1. The Bertz CT molecular complexity index is 968. The lowest BCUT2D eigenvalue weighted by atomic mass is 10.0. The minimum absolute atomic E-state index is 0.0786. The van der Waals surface area contributed by atoms with Crippen LogP contribution in [0, 0.1) is 6.92 Å². The standard InChI is InChI=1S/C20H25N3O6/c1-3-16(24)14(21)5-4-6-15(23-20(27)28)19(26)22-12-7-8-13-11(2)9-18(25)29-17(13)10-12/h7-10,14-15,23H,3-6,21H2,1-2H3,(H,22,26)(H,27,28)/t14?,15-/m0/s1. The Balaban J connectivity index is 2.09. The Morgan fingerprint density at radius 3 is 2.59 bits per heavy atom. The van der Waals surface area contributed by atoms with Gasteiger partial charge in [0, 0.05) is 29.6 Å². The van der Waals surface area contributed by atoms with E-state index in [1.54, 1.807) is 26.0 Å². The third-order valence-electron chi connectivity index (χ3n) is 4.60. The van der Waals surface area contributed by atoms with Crippen LogP contribution in [0.1, 0.15) is 38.2 Å². The van der Waals surface area contributed by atoms with Crippen LogP contribution in [0.2, 0.25) is 0 Å². The molecule has 0 bridgehead atoms. The summed E-state index contributed by atoms with van der Waals surface area (Å²) in [6, 6.07) is 4.59. The highest BCUT2D eigenvalue weighted by atomic mass is 16.4. The zero-order chi connectivity index (χ0) is 21.6. The van der Waals surface area contributed by atoms with Crippen LogP contribution in [0.5, 0.6) is 0 Å². The summed E-state index contributed by atoms with van der Waals surface area (Å²) in [4.78, 5) is 46.7. The van der Waals surface area contributed by atoms with Gasteiger partial charge in [-0.1, -0.05) is 6.92 Å². The maximum atomic E-state index is 12.6. The number of nitrogens with one attached hydrogen (secondary N) is 2. The first kappa shape index (κ1) is 22.1. The molecule has 1 aromatic heterocycles.